The molecule has 0 saturated carbocycles. The Morgan fingerprint density at radius 3 is 1.88 bits per heavy atom. The summed E-state index contributed by atoms with van der Waals surface area (Å²) in [5, 5.41) is 0. The molecule has 0 aromatic heterocycles. The van der Waals surface area contributed by atoms with E-state index < -0.39 is 0 Å². The molecule has 0 radical (unpaired) electrons. The summed E-state index contributed by atoms with van der Waals surface area (Å²) in [6.45, 7) is 4.91. The van der Waals surface area contributed by atoms with Gasteiger partial charge in [-0.3, -0.25) is 9.59 Å². The molecule has 0 atom stereocenters. The van der Waals surface area contributed by atoms with E-state index in [4.69, 9.17) is 4.74 Å². The van der Waals surface area contributed by atoms with Crippen molar-refractivity contribution in [1.82, 2.24) is 0 Å². The van der Waals surface area contributed by atoms with Gasteiger partial charge in [0, 0.05) is 11.1 Å². The summed E-state index contributed by atoms with van der Waals surface area (Å²) in [5.74, 6) is 0.446. The number of unbranched alkanes of at least 4 members (excludes halogenated alkanes) is 1. The lowest BCUT2D eigenvalue weighted by molar-refractivity contribution is 0.0894. The summed E-state index contributed by atoms with van der Waals surface area (Å²) in [6.07, 6.45) is 4.05. The summed E-state index contributed by atoms with van der Waals surface area (Å²) in [5.41, 5.74) is 2.34. The highest BCUT2D eigenvalue weighted by atomic mass is 16.5. The molecular formula is C22H26O3. The quantitative estimate of drug-likeness (QED) is 0.336. The molecule has 0 N–H and O–H groups in total. The number of hydrogen-bond acceptors (Lipinski definition) is 3. The molecule has 25 heavy (non-hydrogen) atoms. The molecule has 2 rings (SSSR count). The number of rotatable bonds is 10. The number of aryl methyl sites for hydroxylation is 1. The SMILES string of the molecule is CCCCOc1ccc(C(=O)CC(=O)c2ccc(CCC)cc2)cc1. The van der Waals surface area contributed by atoms with Crippen LogP contribution in [-0.4, -0.2) is 18.2 Å². The smallest absolute Gasteiger partial charge is 0.170 e. The van der Waals surface area contributed by atoms with Crippen LogP contribution in [-0.2, 0) is 6.42 Å². The topological polar surface area (TPSA) is 43.4 Å². The first kappa shape index (κ1) is 18.9. The zero-order valence-electron chi connectivity index (χ0n) is 15.1. The third kappa shape index (κ3) is 5.86. The molecule has 3 nitrogen and oxygen atoms in total. The first-order valence-corrected chi connectivity index (χ1v) is 9.02. The maximum absolute atomic E-state index is 12.3. The zero-order valence-corrected chi connectivity index (χ0v) is 15.1. The molecule has 2 aromatic rings. The van der Waals surface area contributed by atoms with Crippen molar-refractivity contribution in [1.29, 1.82) is 0 Å². The number of ether oxygens (including phenoxy) is 1. The van der Waals surface area contributed by atoms with Gasteiger partial charge in [0.05, 0.1) is 13.0 Å². The van der Waals surface area contributed by atoms with Gasteiger partial charge in [0.15, 0.2) is 11.6 Å². The third-order valence-electron chi connectivity index (χ3n) is 4.08. The van der Waals surface area contributed by atoms with E-state index in [-0.39, 0.29) is 18.0 Å². The van der Waals surface area contributed by atoms with E-state index in [1.165, 1.54) is 5.56 Å². The van der Waals surface area contributed by atoms with E-state index >= 15 is 0 Å². The van der Waals surface area contributed by atoms with Crippen LogP contribution >= 0.6 is 0 Å². The Morgan fingerprint density at radius 2 is 1.36 bits per heavy atom. The van der Waals surface area contributed by atoms with E-state index in [1.54, 1.807) is 24.3 Å². The van der Waals surface area contributed by atoms with Crippen molar-refractivity contribution in [2.45, 2.75) is 46.0 Å². The Labute approximate surface area is 150 Å². The Kier molecular flexibility index (Phi) is 7.39. The molecule has 0 heterocycles. The molecule has 0 aliphatic rings. The van der Waals surface area contributed by atoms with Crippen LogP contribution in [0.25, 0.3) is 0 Å². The summed E-state index contributed by atoms with van der Waals surface area (Å²) in [4.78, 5) is 24.6. The molecule has 132 valence electrons. The third-order valence-corrected chi connectivity index (χ3v) is 4.08. The summed E-state index contributed by atoms with van der Waals surface area (Å²) < 4.78 is 5.58. The van der Waals surface area contributed by atoms with E-state index in [0.29, 0.717) is 17.7 Å². The van der Waals surface area contributed by atoms with Crippen LogP contribution in [0.5, 0.6) is 5.75 Å². The van der Waals surface area contributed by atoms with Gasteiger partial charge in [-0.15, -0.1) is 0 Å². The molecule has 3 heteroatoms. The van der Waals surface area contributed by atoms with Crippen molar-refractivity contribution in [3.63, 3.8) is 0 Å². The monoisotopic (exact) mass is 338 g/mol. The molecule has 2 aromatic carbocycles. The molecule has 0 aliphatic heterocycles. The lowest BCUT2D eigenvalue weighted by Gasteiger charge is -2.06. The minimum Gasteiger partial charge on any atom is -0.494 e. The molecule has 0 bridgehead atoms. The van der Waals surface area contributed by atoms with Crippen molar-refractivity contribution in [2.75, 3.05) is 6.61 Å². The Balaban J connectivity index is 1.93. The zero-order chi connectivity index (χ0) is 18.1. The summed E-state index contributed by atoms with van der Waals surface area (Å²) in [6, 6.07) is 14.6. The molecule has 0 fully saturated rings. The van der Waals surface area contributed by atoms with Crippen LogP contribution in [0.1, 0.15) is 65.8 Å². The number of ketones is 2. The maximum atomic E-state index is 12.3. The van der Waals surface area contributed by atoms with Crippen LogP contribution in [0.2, 0.25) is 0 Å². The van der Waals surface area contributed by atoms with Gasteiger partial charge in [0.25, 0.3) is 0 Å². The van der Waals surface area contributed by atoms with Crippen LogP contribution in [0.15, 0.2) is 48.5 Å². The second-order valence-corrected chi connectivity index (χ2v) is 6.20. The Bertz CT molecular complexity index is 684. The minimum absolute atomic E-state index is 0.108. The second kappa shape index (κ2) is 9.77. The van der Waals surface area contributed by atoms with Crippen LogP contribution in [0.4, 0.5) is 0 Å². The van der Waals surface area contributed by atoms with Gasteiger partial charge in [0.1, 0.15) is 5.75 Å². The van der Waals surface area contributed by atoms with Gasteiger partial charge in [-0.1, -0.05) is 51.0 Å². The van der Waals surface area contributed by atoms with E-state index in [1.807, 2.05) is 24.3 Å². The van der Waals surface area contributed by atoms with E-state index in [9.17, 15) is 9.59 Å². The largest absolute Gasteiger partial charge is 0.494 e. The predicted molar refractivity (Wildman–Crippen MR) is 101 cm³/mol. The lowest BCUT2D eigenvalue weighted by atomic mass is 10.00. The number of hydrogen-bond donors (Lipinski definition) is 0. The highest BCUT2D eigenvalue weighted by Gasteiger charge is 2.14. The first-order chi connectivity index (χ1) is 12.1. The maximum Gasteiger partial charge on any atom is 0.170 e. The fourth-order valence-electron chi connectivity index (χ4n) is 2.57. The average molecular weight is 338 g/mol. The van der Waals surface area contributed by atoms with Crippen LogP contribution in [0, 0.1) is 0 Å². The second-order valence-electron chi connectivity index (χ2n) is 6.20. The number of benzene rings is 2. The molecule has 0 aliphatic carbocycles. The predicted octanol–water partition coefficient (Wildman–Crippen LogP) is 5.27. The Morgan fingerprint density at radius 1 is 0.800 bits per heavy atom. The first-order valence-electron chi connectivity index (χ1n) is 9.02. The molecule has 0 saturated heterocycles. The lowest BCUT2D eigenvalue weighted by Crippen LogP contribution is -2.08. The van der Waals surface area contributed by atoms with Crippen molar-refractivity contribution in [2.24, 2.45) is 0 Å². The minimum atomic E-state index is -0.164. The number of carbonyl (C=O) groups is 2. The van der Waals surface area contributed by atoms with Crippen LogP contribution in [0.3, 0.4) is 0 Å². The number of Topliss-reactive ketones (excluding diaryl/α,β-unsaturated/α-hetero) is 2. The van der Waals surface area contributed by atoms with Gasteiger partial charge < -0.3 is 4.74 Å². The van der Waals surface area contributed by atoms with Crippen molar-refractivity contribution < 1.29 is 14.3 Å². The highest BCUT2D eigenvalue weighted by Crippen LogP contribution is 2.16. The van der Waals surface area contributed by atoms with Gasteiger partial charge in [0.2, 0.25) is 0 Å². The normalized spacial score (nSPS) is 10.5. The van der Waals surface area contributed by atoms with Gasteiger partial charge in [-0.2, -0.15) is 0 Å². The van der Waals surface area contributed by atoms with Crippen molar-refractivity contribution >= 4 is 11.6 Å². The molecular weight excluding hydrogens is 312 g/mol. The fraction of sp³-hybridized carbons (Fsp3) is 0.364. The van der Waals surface area contributed by atoms with Gasteiger partial charge >= 0.3 is 0 Å². The Hall–Kier alpha value is -2.42. The van der Waals surface area contributed by atoms with Crippen LogP contribution < -0.4 is 4.74 Å². The van der Waals surface area contributed by atoms with Gasteiger partial charge in [-0.05, 0) is 42.7 Å². The summed E-state index contributed by atoms with van der Waals surface area (Å²) in [7, 11) is 0. The van der Waals surface area contributed by atoms with E-state index in [0.717, 1.165) is 31.4 Å². The van der Waals surface area contributed by atoms with Crippen molar-refractivity contribution in [3.8, 4) is 5.75 Å². The van der Waals surface area contributed by atoms with E-state index in [2.05, 4.69) is 13.8 Å². The summed E-state index contributed by atoms with van der Waals surface area (Å²) >= 11 is 0. The molecule has 0 spiro atoms. The standard InChI is InChI=1S/C22H26O3/c1-3-5-15-25-20-13-11-19(12-14-20)22(24)16-21(23)18-9-7-17(6-4-2)8-10-18/h7-14H,3-6,15-16H2,1-2H3. The number of carbonyl (C=O) groups excluding carboxylic acids is 2. The highest BCUT2D eigenvalue weighted by molar-refractivity contribution is 6.13. The van der Waals surface area contributed by atoms with Crippen molar-refractivity contribution in [3.05, 3.63) is 65.2 Å². The average Bonchev–Trinajstić information content (AvgIpc) is 2.63. The molecule has 0 amide bonds. The molecule has 0 unspecified atom stereocenters. The van der Waals surface area contributed by atoms with Gasteiger partial charge in [-0.25, -0.2) is 0 Å². The fourth-order valence-corrected chi connectivity index (χ4v) is 2.57.